The Morgan fingerprint density at radius 2 is 2.14 bits per heavy atom. The average molecular weight is 292 g/mol. The molecule has 0 aliphatic carbocycles. The van der Waals surface area contributed by atoms with Gasteiger partial charge in [-0.1, -0.05) is 0 Å². The van der Waals surface area contributed by atoms with Crippen molar-refractivity contribution in [2.45, 2.75) is 70.5 Å². The fraction of sp³-hybridized carbons (Fsp3) is 0.800. The maximum Gasteiger partial charge on any atom is 0.326 e. The van der Waals surface area contributed by atoms with E-state index in [-0.39, 0.29) is 0 Å². The monoisotopic (exact) mass is 292 g/mol. The van der Waals surface area contributed by atoms with Crippen molar-refractivity contribution in [2.24, 2.45) is 0 Å². The van der Waals surface area contributed by atoms with Crippen LogP contribution in [0.15, 0.2) is 0 Å². The smallest absolute Gasteiger partial charge is 0.326 e. The zero-order valence-corrected chi connectivity index (χ0v) is 12.8. The standard InChI is InChI=1S/C15H24N4O2/c1-10(2)18-8-4-5-11(18)9-14-17-16-13-7-3-6-12(15(20)21)19(13)14/h10-12H,3-9H2,1-2H3,(H,20,21). The van der Waals surface area contributed by atoms with Crippen molar-refractivity contribution < 1.29 is 9.90 Å². The molecule has 2 aliphatic heterocycles. The molecule has 0 radical (unpaired) electrons. The Bertz CT molecular complexity index is 526. The van der Waals surface area contributed by atoms with Gasteiger partial charge in [-0.3, -0.25) is 4.90 Å². The van der Waals surface area contributed by atoms with Gasteiger partial charge in [0.2, 0.25) is 0 Å². The van der Waals surface area contributed by atoms with Crippen molar-refractivity contribution in [1.82, 2.24) is 19.7 Å². The van der Waals surface area contributed by atoms with Crippen LogP contribution in [0.1, 0.15) is 57.2 Å². The van der Waals surface area contributed by atoms with E-state index in [2.05, 4.69) is 28.9 Å². The van der Waals surface area contributed by atoms with E-state index in [0.717, 1.165) is 43.9 Å². The maximum atomic E-state index is 11.5. The Labute approximate surface area is 125 Å². The number of aromatic nitrogens is 3. The molecule has 2 unspecified atom stereocenters. The van der Waals surface area contributed by atoms with E-state index < -0.39 is 12.0 Å². The van der Waals surface area contributed by atoms with Gasteiger partial charge in [0, 0.05) is 24.9 Å². The molecule has 1 fully saturated rings. The normalized spacial score (nSPS) is 26.2. The molecule has 1 N–H and O–H groups in total. The van der Waals surface area contributed by atoms with Crippen LogP contribution < -0.4 is 0 Å². The summed E-state index contributed by atoms with van der Waals surface area (Å²) in [7, 11) is 0. The van der Waals surface area contributed by atoms with Crippen LogP contribution in [0.5, 0.6) is 0 Å². The number of hydrogen-bond acceptors (Lipinski definition) is 4. The topological polar surface area (TPSA) is 71.2 Å². The number of carboxylic acid groups (broad SMARTS) is 1. The molecule has 3 heterocycles. The van der Waals surface area contributed by atoms with Gasteiger partial charge in [-0.25, -0.2) is 4.79 Å². The van der Waals surface area contributed by atoms with Crippen molar-refractivity contribution >= 4 is 5.97 Å². The highest BCUT2D eigenvalue weighted by atomic mass is 16.4. The van der Waals surface area contributed by atoms with Crippen LogP contribution in [0, 0.1) is 0 Å². The second-order valence-corrected chi connectivity index (χ2v) is 6.48. The average Bonchev–Trinajstić information content (AvgIpc) is 3.06. The molecule has 3 rings (SSSR count). The Kier molecular flexibility index (Phi) is 3.97. The van der Waals surface area contributed by atoms with E-state index in [4.69, 9.17) is 0 Å². The Morgan fingerprint density at radius 3 is 2.86 bits per heavy atom. The number of aryl methyl sites for hydroxylation is 1. The van der Waals surface area contributed by atoms with Gasteiger partial charge in [-0.05, 0) is 46.1 Å². The third kappa shape index (κ3) is 2.69. The molecule has 6 nitrogen and oxygen atoms in total. The van der Waals surface area contributed by atoms with Gasteiger partial charge in [0.05, 0.1) is 0 Å². The summed E-state index contributed by atoms with van der Waals surface area (Å²) in [6.07, 6.45) is 5.61. The third-order valence-corrected chi connectivity index (χ3v) is 4.82. The largest absolute Gasteiger partial charge is 0.480 e. The molecule has 0 saturated carbocycles. The van der Waals surface area contributed by atoms with Crippen molar-refractivity contribution in [2.75, 3.05) is 6.54 Å². The van der Waals surface area contributed by atoms with Crippen LogP contribution >= 0.6 is 0 Å². The molecule has 0 spiro atoms. The molecule has 116 valence electrons. The summed E-state index contributed by atoms with van der Waals surface area (Å²) in [6.45, 7) is 5.57. The number of nitrogens with zero attached hydrogens (tertiary/aromatic N) is 4. The SMILES string of the molecule is CC(C)N1CCCC1Cc1nnc2n1C(C(=O)O)CCC2. The minimum Gasteiger partial charge on any atom is -0.480 e. The fourth-order valence-corrected chi connectivity index (χ4v) is 3.81. The molecule has 2 aliphatic rings. The minimum atomic E-state index is -0.760. The summed E-state index contributed by atoms with van der Waals surface area (Å²) in [5.74, 6) is 0.941. The summed E-state index contributed by atoms with van der Waals surface area (Å²) in [4.78, 5) is 14.0. The molecule has 0 aromatic carbocycles. The second kappa shape index (κ2) is 5.75. The van der Waals surface area contributed by atoms with Crippen molar-refractivity contribution in [1.29, 1.82) is 0 Å². The predicted molar refractivity (Wildman–Crippen MR) is 78.2 cm³/mol. The van der Waals surface area contributed by atoms with Gasteiger partial charge in [0.15, 0.2) is 0 Å². The number of aliphatic carboxylic acids is 1. The van der Waals surface area contributed by atoms with Crippen LogP contribution in [0.25, 0.3) is 0 Å². The lowest BCUT2D eigenvalue weighted by atomic mass is 10.0. The fourth-order valence-electron chi connectivity index (χ4n) is 3.81. The summed E-state index contributed by atoms with van der Waals surface area (Å²) < 4.78 is 1.89. The molecule has 21 heavy (non-hydrogen) atoms. The van der Waals surface area contributed by atoms with Crippen molar-refractivity contribution in [3.8, 4) is 0 Å². The van der Waals surface area contributed by atoms with E-state index in [0.29, 0.717) is 18.5 Å². The number of hydrogen-bond donors (Lipinski definition) is 1. The number of carboxylic acids is 1. The molecule has 1 aromatic rings. The van der Waals surface area contributed by atoms with Gasteiger partial charge < -0.3 is 9.67 Å². The zero-order valence-electron chi connectivity index (χ0n) is 12.8. The lowest BCUT2D eigenvalue weighted by molar-refractivity contribution is -0.141. The first-order valence-corrected chi connectivity index (χ1v) is 7.99. The molecule has 1 aromatic heterocycles. The van der Waals surface area contributed by atoms with E-state index in [9.17, 15) is 9.90 Å². The number of likely N-dealkylation sites (tertiary alicyclic amines) is 1. The highest BCUT2D eigenvalue weighted by Crippen LogP contribution is 2.28. The first kappa shape index (κ1) is 14.5. The van der Waals surface area contributed by atoms with Gasteiger partial charge in [-0.2, -0.15) is 0 Å². The Morgan fingerprint density at radius 1 is 1.33 bits per heavy atom. The lowest BCUT2D eigenvalue weighted by Crippen LogP contribution is -2.38. The van der Waals surface area contributed by atoms with Gasteiger partial charge >= 0.3 is 5.97 Å². The number of rotatable bonds is 4. The Hall–Kier alpha value is -1.43. The van der Waals surface area contributed by atoms with E-state index in [1.54, 1.807) is 0 Å². The molecular formula is C15H24N4O2. The van der Waals surface area contributed by atoms with Crippen LogP contribution in [0.2, 0.25) is 0 Å². The van der Waals surface area contributed by atoms with Crippen molar-refractivity contribution in [3.05, 3.63) is 11.6 Å². The molecular weight excluding hydrogens is 268 g/mol. The van der Waals surface area contributed by atoms with Crippen LogP contribution in [0.4, 0.5) is 0 Å². The molecule has 0 amide bonds. The molecule has 0 bridgehead atoms. The lowest BCUT2D eigenvalue weighted by Gasteiger charge is -2.29. The summed E-state index contributed by atoms with van der Waals surface area (Å²) in [5, 5.41) is 18.0. The Balaban J connectivity index is 1.84. The van der Waals surface area contributed by atoms with Crippen LogP contribution in [-0.4, -0.2) is 49.4 Å². The molecule has 6 heteroatoms. The first-order chi connectivity index (χ1) is 10.1. The minimum absolute atomic E-state index is 0.467. The third-order valence-electron chi connectivity index (χ3n) is 4.82. The highest BCUT2D eigenvalue weighted by Gasteiger charge is 2.33. The second-order valence-electron chi connectivity index (χ2n) is 6.48. The number of carbonyl (C=O) groups is 1. The van der Waals surface area contributed by atoms with Gasteiger partial charge in [-0.15, -0.1) is 10.2 Å². The van der Waals surface area contributed by atoms with Crippen LogP contribution in [0.3, 0.4) is 0 Å². The molecule has 2 atom stereocenters. The summed E-state index contributed by atoms with van der Waals surface area (Å²) in [5.41, 5.74) is 0. The number of fused-ring (bicyclic) bond motifs is 1. The molecule has 1 saturated heterocycles. The van der Waals surface area contributed by atoms with E-state index >= 15 is 0 Å². The van der Waals surface area contributed by atoms with Gasteiger partial charge in [0.25, 0.3) is 0 Å². The predicted octanol–water partition coefficient (Wildman–Crippen LogP) is 1.66. The summed E-state index contributed by atoms with van der Waals surface area (Å²) in [6, 6.07) is 0.513. The summed E-state index contributed by atoms with van der Waals surface area (Å²) >= 11 is 0. The van der Waals surface area contributed by atoms with Crippen LogP contribution in [-0.2, 0) is 17.6 Å². The first-order valence-electron chi connectivity index (χ1n) is 7.99. The van der Waals surface area contributed by atoms with E-state index in [1.165, 1.54) is 6.42 Å². The van der Waals surface area contributed by atoms with Gasteiger partial charge in [0.1, 0.15) is 17.7 Å². The van der Waals surface area contributed by atoms with Crippen molar-refractivity contribution in [3.63, 3.8) is 0 Å². The van der Waals surface area contributed by atoms with E-state index in [1.807, 2.05) is 4.57 Å². The quantitative estimate of drug-likeness (QED) is 0.913. The zero-order chi connectivity index (χ0) is 15.0. The highest BCUT2D eigenvalue weighted by molar-refractivity contribution is 5.72. The maximum absolute atomic E-state index is 11.5.